The van der Waals surface area contributed by atoms with Gasteiger partial charge >= 0.3 is 5.97 Å². The van der Waals surface area contributed by atoms with Crippen LogP contribution in [-0.4, -0.2) is 57.1 Å². The lowest BCUT2D eigenvalue weighted by Gasteiger charge is -2.46. The molecule has 9 heteroatoms. The summed E-state index contributed by atoms with van der Waals surface area (Å²) in [5.74, 6) is -1.48. The van der Waals surface area contributed by atoms with Gasteiger partial charge in [-0.05, 0) is 24.3 Å². The average Bonchev–Trinajstić information content (AvgIpc) is 2.75. The topological polar surface area (TPSA) is 116 Å². The number of aliphatic carboxylic acids is 1. The number of carbonyl (C=O) groups is 1. The van der Waals surface area contributed by atoms with Crippen LogP contribution in [0.3, 0.4) is 0 Å². The zero-order valence-corrected chi connectivity index (χ0v) is 17.8. The third-order valence-corrected chi connectivity index (χ3v) is 6.87. The highest BCUT2D eigenvalue weighted by Crippen LogP contribution is 2.53. The number of ether oxygens (including phenoxy) is 2. The Morgan fingerprint density at radius 2 is 1.84 bits per heavy atom. The molecular weight excluding hydrogens is 444 g/mol. The van der Waals surface area contributed by atoms with Crippen molar-refractivity contribution >= 4 is 29.3 Å². The molecule has 1 saturated heterocycles. The smallest absolute Gasteiger partial charge is 0.335 e. The molecule has 4 rings (SSSR count). The van der Waals surface area contributed by atoms with Crippen LogP contribution in [0, 0.1) is 0 Å². The second-order valence-electron chi connectivity index (χ2n) is 7.41. The summed E-state index contributed by atoms with van der Waals surface area (Å²) in [5, 5.41) is 40.7. The summed E-state index contributed by atoms with van der Waals surface area (Å²) in [4.78, 5) is 13.3. The molecule has 0 bridgehead atoms. The second-order valence-corrected chi connectivity index (χ2v) is 8.93. The number of carboxylic acids is 1. The minimum Gasteiger partial charge on any atom is -0.479 e. The molecule has 0 spiro atoms. The summed E-state index contributed by atoms with van der Waals surface area (Å²) < 4.78 is 11.8. The molecule has 1 unspecified atom stereocenters. The molecule has 2 aromatic carbocycles. The minimum absolute atomic E-state index is 0.251. The number of benzene rings is 2. The Bertz CT molecular complexity index is 1020. The monoisotopic (exact) mass is 464 g/mol. The summed E-state index contributed by atoms with van der Waals surface area (Å²) in [7, 11) is 0. The van der Waals surface area contributed by atoms with Crippen LogP contribution in [-0.2, 0) is 19.9 Å². The Hall–Kier alpha value is -1.91. The van der Waals surface area contributed by atoms with E-state index in [4.69, 9.17) is 21.1 Å². The number of aliphatic hydroxyl groups excluding tert-OH is 3. The highest BCUT2D eigenvalue weighted by atomic mass is 35.5. The summed E-state index contributed by atoms with van der Waals surface area (Å²) in [6, 6.07) is 12.9. The molecule has 0 radical (unpaired) electrons. The van der Waals surface area contributed by atoms with Gasteiger partial charge in [0.1, 0.15) is 23.9 Å². The normalized spacial score (nSPS) is 32.1. The van der Waals surface area contributed by atoms with Crippen LogP contribution in [0.25, 0.3) is 0 Å². The van der Waals surface area contributed by atoms with Crippen molar-refractivity contribution < 1.29 is 34.7 Å². The van der Waals surface area contributed by atoms with Gasteiger partial charge in [0.05, 0.1) is 0 Å². The Balaban J connectivity index is 1.85. The molecule has 164 valence electrons. The van der Waals surface area contributed by atoms with Crippen molar-refractivity contribution in [2.24, 2.45) is 0 Å². The zero-order valence-electron chi connectivity index (χ0n) is 16.2. The predicted octanol–water partition coefficient (Wildman–Crippen LogP) is 2.53. The number of aliphatic hydroxyl groups is 3. The van der Waals surface area contributed by atoms with Crippen LogP contribution < -0.4 is 0 Å². The van der Waals surface area contributed by atoms with Crippen LogP contribution in [0.15, 0.2) is 64.9 Å². The first-order chi connectivity index (χ1) is 14.8. The number of rotatable bonds is 5. The fraction of sp³-hybridized carbons (Fsp3) is 0.318. The Morgan fingerprint density at radius 1 is 1.13 bits per heavy atom. The van der Waals surface area contributed by atoms with Crippen LogP contribution in [0.1, 0.15) is 17.5 Å². The van der Waals surface area contributed by atoms with E-state index in [1.807, 2.05) is 30.3 Å². The molecule has 0 amide bonds. The third-order valence-electron chi connectivity index (χ3n) is 5.48. The number of fused-ring (bicyclic) bond motifs is 2. The van der Waals surface area contributed by atoms with E-state index >= 15 is 0 Å². The first kappa shape index (κ1) is 22.3. The van der Waals surface area contributed by atoms with Crippen molar-refractivity contribution in [2.45, 2.75) is 52.5 Å². The standard InChI is InChI=1S/C22H21ClO7S/c1-2-9-22(30-21-18(26)16(24)17(25)19(29-21)20(27)28)12-5-3-4-6-14(12)31-15-8-7-11(23)10-13(15)22/h2-8,10,16-19,21,24-26H,1,9H2,(H,27,28)/t16-,17-,18+,19-,21-,22?/m0/s1. The van der Waals surface area contributed by atoms with Gasteiger partial charge in [-0.25, -0.2) is 4.79 Å². The van der Waals surface area contributed by atoms with Gasteiger partial charge in [0, 0.05) is 32.4 Å². The van der Waals surface area contributed by atoms with Gasteiger partial charge in [0.25, 0.3) is 0 Å². The highest BCUT2D eigenvalue weighted by Gasteiger charge is 2.52. The van der Waals surface area contributed by atoms with Crippen molar-refractivity contribution in [3.63, 3.8) is 0 Å². The Labute approximate surface area is 187 Å². The summed E-state index contributed by atoms with van der Waals surface area (Å²) in [6.07, 6.45) is -6.67. The van der Waals surface area contributed by atoms with Crippen LogP contribution in [0.5, 0.6) is 0 Å². The van der Waals surface area contributed by atoms with E-state index in [1.165, 1.54) is 11.8 Å². The van der Waals surface area contributed by atoms with Gasteiger partial charge in [-0.2, -0.15) is 0 Å². The molecule has 0 saturated carbocycles. The van der Waals surface area contributed by atoms with Gasteiger partial charge in [-0.15, -0.1) is 6.58 Å². The van der Waals surface area contributed by atoms with E-state index in [-0.39, 0.29) is 6.42 Å². The van der Waals surface area contributed by atoms with Crippen molar-refractivity contribution in [3.05, 3.63) is 71.3 Å². The Morgan fingerprint density at radius 3 is 2.55 bits per heavy atom. The largest absolute Gasteiger partial charge is 0.479 e. The molecule has 0 aromatic heterocycles. The summed E-state index contributed by atoms with van der Waals surface area (Å²) in [5.41, 5.74) is 0.241. The lowest BCUT2D eigenvalue weighted by atomic mass is 9.82. The lowest BCUT2D eigenvalue weighted by Crippen LogP contribution is -2.61. The molecular formula is C22H21ClO7S. The molecule has 2 heterocycles. The zero-order chi connectivity index (χ0) is 22.3. The van der Waals surface area contributed by atoms with Crippen molar-refractivity contribution in [2.75, 3.05) is 0 Å². The maximum absolute atomic E-state index is 11.5. The molecule has 4 N–H and O–H groups in total. The van der Waals surface area contributed by atoms with E-state index in [0.29, 0.717) is 10.6 Å². The third kappa shape index (κ3) is 3.78. The molecule has 7 nitrogen and oxygen atoms in total. The SMILES string of the molecule is C=CCC1(O[C@@H]2O[C@H](C(=O)O)[C@@H](O)[C@H](O)[C@H]2O)c2ccccc2Sc2ccc(Cl)cc21. The van der Waals surface area contributed by atoms with E-state index in [9.17, 15) is 25.2 Å². The second kappa shape index (κ2) is 8.55. The molecule has 6 atom stereocenters. The molecule has 0 aliphatic carbocycles. The molecule has 1 fully saturated rings. The van der Waals surface area contributed by atoms with Crippen LogP contribution in [0.4, 0.5) is 0 Å². The fourth-order valence-corrected chi connectivity index (χ4v) is 5.37. The van der Waals surface area contributed by atoms with Gasteiger partial charge in [-0.1, -0.05) is 47.6 Å². The highest BCUT2D eigenvalue weighted by molar-refractivity contribution is 7.99. The van der Waals surface area contributed by atoms with E-state index in [0.717, 1.165) is 15.4 Å². The average molecular weight is 465 g/mol. The fourth-order valence-electron chi connectivity index (χ4n) is 4.01. The minimum atomic E-state index is -1.81. The number of carboxylic acid groups (broad SMARTS) is 1. The first-order valence-corrected chi connectivity index (χ1v) is 10.8. The van der Waals surface area contributed by atoms with Gasteiger partial charge in [-0.3, -0.25) is 0 Å². The van der Waals surface area contributed by atoms with Gasteiger partial charge in [0.15, 0.2) is 12.4 Å². The first-order valence-electron chi connectivity index (χ1n) is 9.57. The van der Waals surface area contributed by atoms with Crippen molar-refractivity contribution in [1.82, 2.24) is 0 Å². The molecule has 2 aliphatic rings. The van der Waals surface area contributed by atoms with Crippen molar-refractivity contribution in [3.8, 4) is 0 Å². The maximum Gasteiger partial charge on any atom is 0.335 e. The molecule has 31 heavy (non-hydrogen) atoms. The van der Waals surface area contributed by atoms with Crippen LogP contribution >= 0.6 is 23.4 Å². The quantitative estimate of drug-likeness (QED) is 0.499. The summed E-state index contributed by atoms with van der Waals surface area (Å²) >= 11 is 7.82. The number of halogens is 1. The lowest BCUT2D eigenvalue weighted by molar-refractivity contribution is -0.317. The summed E-state index contributed by atoms with van der Waals surface area (Å²) in [6.45, 7) is 3.84. The van der Waals surface area contributed by atoms with E-state index in [2.05, 4.69) is 6.58 Å². The van der Waals surface area contributed by atoms with E-state index < -0.39 is 42.3 Å². The predicted molar refractivity (Wildman–Crippen MR) is 113 cm³/mol. The number of hydrogen-bond donors (Lipinski definition) is 4. The van der Waals surface area contributed by atoms with Gasteiger partial charge in [0.2, 0.25) is 0 Å². The van der Waals surface area contributed by atoms with Gasteiger partial charge < -0.3 is 29.9 Å². The van der Waals surface area contributed by atoms with Crippen molar-refractivity contribution in [1.29, 1.82) is 0 Å². The van der Waals surface area contributed by atoms with Crippen LogP contribution in [0.2, 0.25) is 5.02 Å². The Kier molecular flexibility index (Phi) is 6.15. The van der Waals surface area contributed by atoms with E-state index in [1.54, 1.807) is 18.2 Å². The number of hydrogen-bond acceptors (Lipinski definition) is 7. The maximum atomic E-state index is 11.5. The molecule has 2 aliphatic heterocycles. The molecule has 2 aromatic rings.